The van der Waals surface area contributed by atoms with Crippen LogP contribution in [0.15, 0.2) is 61.2 Å². The van der Waals surface area contributed by atoms with Crippen molar-refractivity contribution in [3.8, 4) is 0 Å². The Morgan fingerprint density at radius 3 is 2.33 bits per heavy atom. The Morgan fingerprint density at radius 1 is 1.03 bits per heavy atom. The van der Waals surface area contributed by atoms with Crippen LogP contribution in [0.4, 0.5) is 0 Å². The molecule has 9 nitrogen and oxygen atoms in total. The van der Waals surface area contributed by atoms with Crippen molar-refractivity contribution in [1.29, 1.82) is 0 Å². The third-order valence-corrected chi connectivity index (χ3v) is 6.10. The van der Waals surface area contributed by atoms with Crippen LogP contribution in [-0.4, -0.2) is 50.3 Å². The molecule has 0 aliphatic carbocycles. The SMILES string of the molecule is [2H][C@@H]1[C@H](OC(=O)c2ccc(C)cc2)[C@@H](COC(=O)c2ccc(C)cc2)O[C@H]1n1cnc2c(Cl)ncnc21. The number of carbonyl (C=O) groups is 2. The monoisotopic (exact) mass is 507 g/mol. The van der Waals surface area contributed by atoms with Crippen molar-refractivity contribution >= 4 is 34.7 Å². The van der Waals surface area contributed by atoms with E-state index < -0.39 is 36.8 Å². The molecule has 0 saturated carbocycles. The van der Waals surface area contributed by atoms with Crippen molar-refractivity contribution < 1.29 is 25.2 Å². The van der Waals surface area contributed by atoms with Crippen LogP contribution in [-0.2, 0) is 14.2 Å². The summed E-state index contributed by atoms with van der Waals surface area (Å²) in [6.07, 6.45) is -1.24. The van der Waals surface area contributed by atoms with Gasteiger partial charge in [-0.05, 0) is 38.1 Å². The molecule has 5 rings (SSSR count). The molecule has 184 valence electrons. The summed E-state index contributed by atoms with van der Waals surface area (Å²) in [4.78, 5) is 37.9. The number of fused-ring (bicyclic) bond motifs is 1. The minimum absolute atomic E-state index is 0.161. The summed E-state index contributed by atoms with van der Waals surface area (Å²) in [6.45, 7) is 3.60. The molecule has 1 aliphatic heterocycles. The average Bonchev–Trinajstić information content (AvgIpc) is 3.45. The highest BCUT2D eigenvalue weighted by Gasteiger charge is 2.40. The number of halogens is 1. The number of rotatable bonds is 6. The van der Waals surface area contributed by atoms with Crippen molar-refractivity contribution in [3.05, 3.63) is 88.6 Å². The molecular weight excluding hydrogens is 484 g/mol. The lowest BCUT2D eigenvalue weighted by Gasteiger charge is -2.19. The molecule has 0 N–H and O–H groups in total. The van der Waals surface area contributed by atoms with Crippen LogP contribution < -0.4 is 0 Å². The molecule has 1 saturated heterocycles. The lowest BCUT2D eigenvalue weighted by atomic mass is 10.1. The quantitative estimate of drug-likeness (QED) is 0.278. The summed E-state index contributed by atoms with van der Waals surface area (Å²) in [5.41, 5.74) is 3.43. The van der Waals surface area contributed by atoms with E-state index in [2.05, 4.69) is 15.0 Å². The molecule has 4 atom stereocenters. The maximum atomic E-state index is 12.9. The van der Waals surface area contributed by atoms with Crippen LogP contribution in [0, 0.1) is 13.8 Å². The summed E-state index contributed by atoms with van der Waals surface area (Å²) in [5.74, 6) is -1.16. The third-order valence-electron chi connectivity index (χ3n) is 5.82. The maximum Gasteiger partial charge on any atom is 0.338 e. The highest BCUT2D eigenvalue weighted by molar-refractivity contribution is 6.33. The number of hydrogen-bond acceptors (Lipinski definition) is 8. The first kappa shape index (κ1) is 22.6. The van der Waals surface area contributed by atoms with Crippen LogP contribution >= 0.6 is 11.6 Å². The second kappa shape index (κ2) is 10.0. The van der Waals surface area contributed by atoms with E-state index in [1.807, 2.05) is 26.0 Å². The molecule has 2 aromatic heterocycles. The third kappa shape index (κ3) is 4.93. The lowest BCUT2D eigenvalue weighted by molar-refractivity contribution is -0.0563. The lowest BCUT2D eigenvalue weighted by Crippen LogP contribution is -2.32. The van der Waals surface area contributed by atoms with Crippen LogP contribution in [0.25, 0.3) is 11.2 Å². The standard InChI is InChI=1S/C26H23ClN4O5/c1-15-3-7-17(8-4-15)25(32)34-12-20-19(36-26(33)18-9-5-16(2)6-10-18)11-21(35-20)31-14-30-22-23(27)28-13-29-24(22)31/h3-10,13-14,19-21H,11-12H2,1-2H3/t19-,20+,21+/m0/s1/i11D/t11-,19+,20-,21-/m1. The number of carbonyl (C=O) groups excluding carboxylic acids is 2. The molecule has 1 fully saturated rings. The van der Waals surface area contributed by atoms with Crippen molar-refractivity contribution in [3.63, 3.8) is 0 Å². The molecular formula is C26H23ClN4O5. The summed E-state index contributed by atoms with van der Waals surface area (Å²) in [5, 5.41) is 0.161. The molecule has 10 heteroatoms. The second-order valence-electron chi connectivity index (χ2n) is 8.45. The minimum Gasteiger partial charge on any atom is -0.459 e. The molecule has 2 aromatic carbocycles. The van der Waals surface area contributed by atoms with Crippen molar-refractivity contribution in [1.82, 2.24) is 19.5 Å². The topological polar surface area (TPSA) is 105 Å². The Bertz CT molecular complexity index is 1440. The summed E-state index contributed by atoms with van der Waals surface area (Å²) < 4.78 is 27.8. The number of imidazole rings is 1. The molecule has 0 unspecified atom stereocenters. The van der Waals surface area contributed by atoms with E-state index in [0.29, 0.717) is 22.3 Å². The number of nitrogens with zero attached hydrogens (tertiary/aromatic N) is 4. The Hall–Kier alpha value is -3.82. The Morgan fingerprint density at radius 2 is 1.67 bits per heavy atom. The highest BCUT2D eigenvalue weighted by Crippen LogP contribution is 2.34. The van der Waals surface area contributed by atoms with Gasteiger partial charge in [0, 0.05) is 7.77 Å². The first-order valence-electron chi connectivity index (χ1n) is 11.8. The summed E-state index contributed by atoms with van der Waals surface area (Å²) >= 11 is 6.13. The van der Waals surface area contributed by atoms with Crippen molar-refractivity contribution in [2.45, 2.75) is 38.7 Å². The first-order chi connectivity index (χ1) is 17.8. The normalized spacial score (nSPS) is 21.8. The number of aryl methyl sites for hydroxylation is 2. The fourth-order valence-corrected chi connectivity index (χ4v) is 3.99. The van der Waals surface area contributed by atoms with Gasteiger partial charge in [-0.2, -0.15) is 0 Å². The van der Waals surface area contributed by atoms with E-state index >= 15 is 0 Å². The van der Waals surface area contributed by atoms with Crippen LogP contribution in [0.3, 0.4) is 0 Å². The number of hydrogen-bond donors (Lipinski definition) is 0. The zero-order valence-electron chi connectivity index (χ0n) is 20.5. The van der Waals surface area contributed by atoms with Gasteiger partial charge in [0.15, 0.2) is 10.8 Å². The Balaban J connectivity index is 1.40. The van der Waals surface area contributed by atoms with Gasteiger partial charge in [-0.3, -0.25) is 4.57 Å². The van der Waals surface area contributed by atoms with E-state index in [1.165, 1.54) is 17.2 Å². The predicted octanol–water partition coefficient (Wildman–Crippen LogP) is 4.47. The van der Waals surface area contributed by atoms with Gasteiger partial charge < -0.3 is 14.2 Å². The molecule has 0 bridgehead atoms. The number of ether oxygens (including phenoxy) is 3. The van der Waals surface area contributed by atoms with Gasteiger partial charge in [0.25, 0.3) is 0 Å². The average molecular weight is 508 g/mol. The molecule has 0 amide bonds. The summed E-state index contributed by atoms with van der Waals surface area (Å²) in [7, 11) is 0. The second-order valence-corrected chi connectivity index (χ2v) is 8.80. The Kier molecular flexibility index (Phi) is 6.31. The molecule has 4 aromatic rings. The van der Waals surface area contributed by atoms with Gasteiger partial charge in [0.1, 0.15) is 36.9 Å². The first-order valence-corrected chi connectivity index (χ1v) is 11.6. The fourth-order valence-electron chi connectivity index (χ4n) is 3.82. The summed E-state index contributed by atoms with van der Waals surface area (Å²) in [6, 6.07) is 13.8. The van der Waals surface area contributed by atoms with Crippen molar-refractivity contribution in [2.24, 2.45) is 0 Å². The van der Waals surface area contributed by atoms with Crippen molar-refractivity contribution in [2.75, 3.05) is 6.61 Å². The number of aromatic nitrogens is 4. The molecule has 0 spiro atoms. The molecule has 0 radical (unpaired) electrons. The van der Waals surface area contributed by atoms with Gasteiger partial charge in [-0.25, -0.2) is 24.5 Å². The molecule has 1 aliphatic rings. The largest absolute Gasteiger partial charge is 0.459 e. The van der Waals surface area contributed by atoms with E-state index in [-0.39, 0.29) is 11.8 Å². The van der Waals surface area contributed by atoms with Gasteiger partial charge in [-0.15, -0.1) is 0 Å². The van der Waals surface area contributed by atoms with Crippen LogP contribution in [0.2, 0.25) is 5.15 Å². The van der Waals surface area contributed by atoms with Gasteiger partial charge in [-0.1, -0.05) is 47.0 Å². The molecule has 3 heterocycles. The predicted molar refractivity (Wildman–Crippen MR) is 131 cm³/mol. The van der Waals surface area contributed by atoms with Crippen LogP contribution in [0.5, 0.6) is 0 Å². The molecule has 36 heavy (non-hydrogen) atoms. The highest BCUT2D eigenvalue weighted by atomic mass is 35.5. The number of benzene rings is 2. The maximum absolute atomic E-state index is 12.9. The van der Waals surface area contributed by atoms with E-state index in [9.17, 15) is 9.59 Å². The Labute approximate surface area is 213 Å². The van der Waals surface area contributed by atoms with Gasteiger partial charge in [0.05, 0.1) is 17.5 Å². The van der Waals surface area contributed by atoms with Gasteiger partial charge >= 0.3 is 11.9 Å². The zero-order chi connectivity index (χ0) is 26.1. The number of esters is 2. The fraction of sp³-hybridized carbons (Fsp3) is 0.269. The van der Waals surface area contributed by atoms with Crippen LogP contribution in [0.1, 0.15) is 45.8 Å². The van der Waals surface area contributed by atoms with E-state index in [0.717, 1.165) is 11.1 Å². The zero-order valence-corrected chi connectivity index (χ0v) is 20.3. The van der Waals surface area contributed by atoms with Gasteiger partial charge in [0.2, 0.25) is 0 Å². The van der Waals surface area contributed by atoms with E-state index in [1.54, 1.807) is 36.4 Å². The van der Waals surface area contributed by atoms with E-state index in [4.69, 9.17) is 27.2 Å². The smallest absolute Gasteiger partial charge is 0.338 e. The minimum atomic E-state index is -1.08.